The summed E-state index contributed by atoms with van der Waals surface area (Å²) in [4.78, 5) is 14.0. The molecule has 1 N–H and O–H groups in total. The van der Waals surface area contributed by atoms with Crippen LogP contribution in [0.1, 0.15) is 19.3 Å². The van der Waals surface area contributed by atoms with E-state index in [1.807, 2.05) is 11.9 Å². The van der Waals surface area contributed by atoms with Crippen LogP contribution in [0.2, 0.25) is 10.0 Å². The zero-order valence-corrected chi connectivity index (χ0v) is 13.3. The van der Waals surface area contributed by atoms with Gasteiger partial charge in [0.2, 0.25) is 5.91 Å². The number of hydrogen-bond acceptors (Lipinski definition) is 3. The average molecular weight is 326 g/mol. The first-order valence-electron chi connectivity index (χ1n) is 6.84. The summed E-state index contributed by atoms with van der Waals surface area (Å²) in [6.45, 7) is 0.295. The topological polar surface area (TPSA) is 56.1 Å². The van der Waals surface area contributed by atoms with Gasteiger partial charge in [-0.1, -0.05) is 23.2 Å². The Labute approximate surface area is 134 Å². The summed E-state index contributed by atoms with van der Waals surface area (Å²) in [5.41, 5.74) is 0.629. The number of nitrogens with zero attached hydrogens (tertiary/aromatic N) is 2. The first-order valence-corrected chi connectivity index (χ1v) is 7.60. The van der Waals surface area contributed by atoms with E-state index >= 15 is 0 Å². The fourth-order valence-electron chi connectivity index (χ4n) is 2.61. The highest BCUT2D eigenvalue weighted by Gasteiger charge is 2.28. The van der Waals surface area contributed by atoms with E-state index in [1.165, 1.54) is 0 Å². The number of amides is 1. The van der Waals surface area contributed by atoms with Crippen LogP contribution in [0.25, 0.3) is 0 Å². The molecule has 0 aliphatic heterocycles. The van der Waals surface area contributed by atoms with Crippen molar-refractivity contribution < 1.29 is 4.79 Å². The van der Waals surface area contributed by atoms with Crippen molar-refractivity contribution in [2.75, 3.05) is 18.9 Å². The van der Waals surface area contributed by atoms with Gasteiger partial charge in [0, 0.05) is 17.6 Å². The molecule has 0 heterocycles. The second kappa shape index (κ2) is 7.13. The standard InChI is InChI=1S/C15H17Cl2N3O/c1-20(12-4-2-10(6-12)8-18)9-15(21)19-11-3-5-13(16)14(17)7-11/h3,5,7,10,12H,2,4,6,9H2,1H3,(H,19,21)/t10-,12+/m0/s1. The Morgan fingerprint density at radius 3 is 2.81 bits per heavy atom. The van der Waals surface area contributed by atoms with Crippen LogP contribution >= 0.6 is 23.2 Å². The highest BCUT2D eigenvalue weighted by molar-refractivity contribution is 6.42. The molecule has 0 radical (unpaired) electrons. The average Bonchev–Trinajstić information content (AvgIpc) is 2.92. The predicted molar refractivity (Wildman–Crippen MR) is 84.5 cm³/mol. The lowest BCUT2D eigenvalue weighted by Crippen LogP contribution is -2.36. The largest absolute Gasteiger partial charge is 0.325 e. The molecule has 1 fully saturated rings. The van der Waals surface area contributed by atoms with Gasteiger partial charge in [0.15, 0.2) is 0 Å². The number of nitrogens with one attached hydrogen (secondary N) is 1. The van der Waals surface area contributed by atoms with E-state index in [4.69, 9.17) is 28.5 Å². The molecule has 1 aromatic carbocycles. The molecule has 0 bridgehead atoms. The molecule has 21 heavy (non-hydrogen) atoms. The second-order valence-electron chi connectivity index (χ2n) is 5.39. The van der Waals surface area contributed by atoms with Crippen molar-refractivity contribution in [1.82, 2.24) is 4.90 Å². The fourth-order valence-corrected chi connectivity index (χ4v) is 2.90. The molecule has 112 valence electrons. The van der Waals surface area contributed by atoms with Crippen LogP contribution in [0.5, 0.6) is 0 Å². The van der Waals surface area contributed by atoms with Gasteiger partial charge in [-0.15, -0.1) is 0 Å². The van der Waals surface area contributed by atoms with Gasteiger partial charge in [-0.3, -0.25) is 9.69 Å². The highest BCUT2D eigenvalue weighted by atomic mass is 35.5. The molecule has 1 aliphatic rings. The molecule has 2 rings (SSSR count). The summed E-state index contributed by atoms with van der Waals surface area (Å²) in [6.07, 6.45) is 2.72. The van der Waals surface area contributed by atoms with E-state index in [2.05, 4.69) is 11.4 Å². The van der Waals surface area contributed by atoms with Gasteiger partial charge in [0.05, 0.1) is 22.7 Å². The van der Waals surface area contributed by atoms with Crippen molar-refractivity contribution in [2.24, 2.45) is 5.92 Å². The Balaban J connectivity index is 1.87. The predicted octanol–water partition coefficient (Wildman–Crippen LogP) is 3.56. The van der Waals surface area contributed by atoms with Gasteiger partial charge in [-0.2, -0.15) is 5.26 Å². The minimum absolute atomic E-state index is 0.101. The van der Waals surface area contributed by atoms with E-state index in [1.54, 1.807) is 18.2 Å². The third kappa shape index (κ3) is 4.34. The lowest BCUT2D eigenvalue weighted by Gasteiger charge is -2.23. The maximum Gasteiger partial charge on any atom is 0.238 e. The van der Waals surface area contributed by atoms with Crippen LogP contribution in [0.3, 0.4) is 0 Å². The fraction of sp³-hybridized carbons (Fsp3) is 0.467. The number of likely N-dealkylation sites (N-methyl/N-ethyl adjacent to an activating group) is 1. The minimum Gasteiger partial charge on any atom is -0.325 e. The SMILES string of the molecule is CN(CC(=O)Nc1ccc(Cl)c(Cl)c1)[C@@H]1CC[C@H](C#N)C1. The Hall–Kier alpha value is -1.28. The van der Waals surface area contributed by atoms with Crippen LogP contribution in [-0.4, -0.2) is 30.4 Å². The Morgan fingerprint density at radius 2 is 2.19 bits per heavy atom. The molecule has 1 aliphatic carbocycles. The zero-order valence-electron chi connectivity index (χ0n) is 11.8. The molecule has 1 aromatic rings. The Morgan fingerprint density at radius 1 is 1.43 bits per heavy atom. The molecule has 1 saturated carbocycles. The van der Waals surface area contributed by atoms with E-state index in [-0.39, 0.29) is 11.8 Å². The number of rotatable bonds is 4. The monoisotopic (exact) mass is 325 g/mol. The number of hydrogen-bond donors (Lipinski definition) is 1. The smallest absolute Gasteiger partial charge is 0.238 e. The molecule has 6 heteroatoms. The Bertz CT molecular complexity index is 571. The van der Waals surface area contributed by atoms with Crippen molar-refractivity contribution in [3.63, 3.8) is 0 Å². The quantitative estimate of drug-likeness (QED) is 0.920. The first-order chi connectivity index (χ1) is 9.99. The maximum atomic E-state index is 12.0. The Kier molecular flexibility index (Phi) is 5.46. The number of anilines is 1. The number of nitriles is 1. The third-order valence-corrected chi connectivity index (χ3v) is 4.55. The van der Waals surface area contributed by atoms with Crippen molar-refractivity contribution in [3.05, 3.63) is 28.2 Å². The molecule has 0 aromatic heterocycles. The third-order valence-electron chi connectivity index (χ3n) is 3.81. The number of carbonyl (C=O) groups excluding carboxylic acids is 1. The molecular weight excluding hydrogens is 309 g/mol. The van der Waals surface area contributed by atoms with Crippen molar-refractivity contribution in [3.8, 4) is 6.07 Å². The summed E-state index contributed by atoms with van der Waals surface area (Å²) in [5, 5.41) is 12.6. The first kappa shape index (κ1) is 16.1. The van der Waals surface area contributed by atoms with E-state index < -0.39 is 0 Å². The van der Waals surface area contributed by atoms with Gasteiger partial charge >= 0.3 is 0 Å². The van der Waals surface area contributed by atoms with Crippen molar-refractivity contribution >= 4 is 34.8 Å². The van der Waals surface area contributed by atoms with Crippen molar-refractivity contribution in [1.29, 1.82) is 5.26 Å². The second-order valence-corrected chi connectivity index (χ2v) is 6.20. The molecular formula is C15H17Cl2N3O. The lowest BCUT2D eigenvalue weighted by atomic mass is 10.1. The molecule has 1 amide bonds. The molecule has 0 saturated heterocycles. The number of benzene rings is 1. The summed E-state index contributed by atoms with van der Waals surface area (Å²) in [5.74, 6) is 0.0203. The van der Waals surface area contributed by atoms with Gasteiger partial charge in [-0.05, 0) is 44.5 Å². The van der Waals surface area contributed by atoms with Crippen molar-refractivity contribution in [2.45, 2.75) is 25.3 Å². The van der Waals surface area contributed by atoms with Gasteiger partial charge < -0.3 is 5.32 Å². The maximum absolute atomic E-state index is 12.0. The lowest BCUT2D eigenvalue weighted by molar-refractivity contribution is -0.117. The molecule has 4 nitrogen and oxygen atoms in total. The van der Waals surface area contributed by atoms with Gasteiger partial charge in [-0.25, -0.2) is 0 Å². The summed E-state index contributed by atoms with van der Waals surface area (Å²) in [6, 6.07) is 7.59. The highest BCUT2D eigenvalue weighted by Crippen LogP contribution is 2.28. The van der Waals surface area contributed by atoms with E-state index in [0.29, 0.717) is 28.3 Å². The molecule has 2 atom stereocenters. The number of carbonyl (C=O) groups is 1. The molecule has 0 unspecified atom stereocenters. The normalized spacial score (nSPS) is 21.3. The van der Waals surface area contributed by atoms with E-state index in [0.717, 1.165) is 19.3 Å². The van der Waals surface area contributed by atoms with Crippen LogP contribution < -0.4 is 5.32 Å². The van der Waals surface area contributed by atoms with Gasteiger partial charge in [0.1, 0.15) is 0 Å². The van der Waals surface area contributed by atoms with Gasteiger partial charge in [0.25, 0.3) is 0 Å². The van der Waals surface area contributed by atoms with Crippen LogP contribution in [0.4, 0.5) is 5.69 Å². The van der Waals surface area contributed by atoms with Crippen LogP contribution in [0.15, 0.2) is 18.2 Å². The summed E-state index contributed by atoms with van der Waals surface area (Å²) in [7, 11) is 1.92. The minimum atomic E-state index is -0.101. The number of halogens is 2. The zero-order chi connectivity index (χ0) is 15.4. The molecule has 0 spiro atoms. The van der Waals surface area contributed by atoms with Crippen LogP contribution in [0, 0.1) is 17.2 Å². The summed E-state index contributed by atoms with van der Waals surface area (Å²) >= 11 is 11.8. The van der Waals surface area contributed by atoms with E-state index in [9.17, 15) is 4.79 Å². The summed E-state index contributed by atoms with van der Waals surface area (Å²) < 4.78 is 0. The van der Waals surface area contributed by atoms with Crippen LogP contribution in [-0.2, 0) is 4.79 Å².